The van der Waals surface area contributed by atoms with Gasteiger partial charge in [-0.2, -0.15) is 0 Å². The molecule has 0 aromatic rings. The van der Waals surface area contributed by atoms with E-state index in [1.165, 1.54) is 0 Å². The minimum Gasteiger partial charge on any atom is -0.414 e. The standard InChI is InChI=1S/C18H38O3Si/c1-10-15(21-22(8,9)18(5,6)7)14(4)16-12(2)11-13(3)17(19)20-16/h12-17,19H,10-11H2,1-9H3/t12-,13-,14-,15+,16+,17?/m1/s1. The van der Waals surface area contributed by atoms with E-state index in [1.54, 1.807) is 0 Å². The molecular formula is C18H38O3Si. The smallest absolute Gasteiger partial charge is 0.192 e. The van der Waals surface area contributed by atoms with Crippen molar-refractivity contribution in [1.29, 1.82) is 0 Å². The van der Waals surface area contributed by atoms with Gasteiger partial charge >= 0.3 is 0 Å². The molecule has 1 rings (SSSR count). The molecular weight excluding hydrogens is 292 g/mol. The molecule has 0 radical (unpaired) electrons. The fourth-order valence-corrected chi connectivity index (χ4v) is 4.73. The van der Waals surface area contributed by atoms with Gasteiger partial charge < -0.3 is 14.3 Å². The predicted octanol–water partition coefficient (Wildman–Crippen LogP) is 4.80. The maximum atomic E-state index is 10.1. The molecule has 0 aromatic carbocycles. The van der Waals surface area contributed by atoms with Crippen LogP contribution in [-0.2, 0) is 9.16 Å². The van der Waals surface area contributed by atoms with Gasteiger partial charge in [0.1, 0.15) is 0 Å². The van der Waals surface area contributed by atoms with Crippen LogP contribution in [0.2, 0.25) is 18.1 Å². The summed E-state index contributed by atoms with van der Waals surface area (Å²) in [6, 6.07) is 0. The van der Waals surface area contributed by atoms with E-state index in [-0.39, 0.29) is 23.2 Å². The quantitative estimate of drug-likeness (QED) is 0.736. The number of aliphatic hydroxyl groups is 1. The second-order valence-corrected chi connectivity index (χ2v) is 13.6. The molecule has 0 aromatic heterocycles. The van der Waals surface area contributed by atoms with Gasteiger partial charge in [-0.15, -0.1) is 0 Å². The van der Waals surface area contributed by atoms with E-state index in [0.29, 0.717) is 11.8 Å². The molecule has 0 aliphatic carbocycles. The molecule has 3 nitrogen and oxygen atoms in total. The Labute approximate surface area is 138 Å². The number of hydrogen-bond acceptors (Lipinski definition) is 3. The molecule has 1 fully saturated rings. The van der Waals surface area contributed by atoms with Gasteiger partial charge in [-0.05, 0) is 36.9 Å². The fraction of sp³-hybridized carbons (Fsp3) is 1.00. The first-order chi connectivity index (χ1) is 9.90. The molecule has 1 unspecified atom stereocenters. The highest BCUT2D eigenvalue weighted by molar-refractivity contribution is 6.74. The Balaban J connectivity index is 2.82. The van der Waals surface area contributed by atoms with Crippen LogP contribution in [0, 0.1) is 17.8 Å². The van der Waals surface area contributed by atoms with Crippen LogP contribution in [0.4, 0.5) is 0 Å². The van der Waals surface area contributed by atoms with Crippen molar-refractivity contribution in [2.24, 2.45) is 17.8 Å². The molecule has 4 heteroatoms. The lowest BCUT2D eigenvalue weighted by Gasteiger charge is -2.45. The van der Waals surface area contributed by atoms with Crippen LogP contribution in [0.3, 0.4) is 0 Å². The monoisotopic (exact) mass is 330 g/mol. The normalized spacial score (nSPS) is 33.5. The summed E-state index contributed by atoms with van der Waals surface area (Å²) in [5.41, 5.74) is 0. The van der Waals surface area contributed by atoms with Gasteiger partial charge in [0.2, 0.25) is 0 Å². The Morgan fingerprint density at radius 1 is 1.23 bits per heavy atom. The van der Waals surface area contributed by atoms with Gasteiger partial charge in [0.25, 0.3) is 0 Å². The lowest BCUT2D eigenvalue weighted by molar-refractivity contribution is -0.225. The Kier molecular flexibility index (Phi) is 6.71. The Bertz CT molecular complexity index is 351. The largest absolute Gasteiger partial charge is 0.414 e. The van der Waals surface area contributed by atoms with Crippen molar-refractivity contribution in [2.45, 2.75) is 97.9 Å². The van der Waals surface area contributed by atoms with Crippen molar-refractivity contribution in [3.8, 4) is 0 Å². The van der Waals surface area contributed by atoms with Crippen molar-refractivity contribution in [3.63, 3.8) is 0 Å². The predicted molar refractivity (Wildman–Crippen MR) is 95.3 cm³/mol. The average molecular weight is 331 g/mol. The van der Waals surface area contributed by atoms with Gasteiger partial charge in [0.05, 0.1) is 6.10 Å². The molecule has 1 aliphatic heterocycles. The summed E-state index contributed by atoms with van der Waals surface area (Å²) >= 11 is 0. The molecule has 0 amide bonds. The van der Waals surface area contributed by atoms with Crippen LogP contribution in [0.25, 0.3) is 0 Å². The average Bonchev–Trinajstić information content (AvgIpc) is 2.38. The lowest BCUT2D eigenvalue weighted by Crippen LogP contribution is -2.50. The third-order valence-corrected chi connectivity index (χ3v) is 10.4. The summed E-state index contributed by atoms with van der Waals surface area (Å²) in [7, 11) is -1.79. The lowest BCUT2D eigenvalue weighted by atomic mass is 9.81. The van der Waals surface area contributed by atoms with E-state index in [4.69, 9.17) is 9.16 Å². The zero-order chi connectivity index (χ0) is 17.3. The third-order valence-electron chi connectivity index (χ3n) is 5.85. The zero-order valence-electron chi connectivity index (χ0n) is 16.1. The van der Waals surface area contributed by atoms with E-state index >= 15 is 0 Å². The minimum atomic E-state index is -1.79. The first-order valence-corrected chi connectivity index (χ1v) is 11.8. The van der Waals surface area contributed by atoms with Crippen molar-refractivity contribution in [2.75, 3.05) is 0 Å². The van der Waals surface area contributed by atoms with Crippen LogP contribution in [0.1, 0.15) is 61.3 Å². The maximum Gasteiger partial charge on any atom is 0.192 e. The fourth-order valence-electron chi connectivity index (χ4n) is 3.24. The van der Waals surface area contributed by atoms with Crippen molar-refractivity contribution < 1.29 is 14.3 Å². The van der Waals surface area contributed by atoms with E-state index < -0.39 is 14.6 Å². The minimum absolute atomic E-state index is 0.0842. The number of aliphatic hydroxyl groups excluding tert-OH is 1. The molecule has 6 atom stereocenters. The molecule has 0 saturated carbocycles. The summed E-state index contributed by atoms with van der Waals surface area (Å²) < 4.78 is 12.6. The maximum absolute atomic E-state index is 10.1. The molecule has 22 heavy (non-hydrogen) atoms. The van der Waals surface area contributed by atoms with E-state index in [2.05, 4.69) is 61.6 Å². The summed E-state index contributed by atoms with van der Waals surface area (Å²) in [6.07, 6.45) is 1.67. The van der Waals surface area contributed by atoms with Crippen molar-refractivity contribution in [3.05, 3.63) is 0 Å². The van der Waals surface area contributed by atoms with Crippen LogP contribution in [0.5, 0.6) is 0 Å². The second-order valence-electron chi connectivity index (χ2n) is 8.87. The van der Waals surface area contributed by atoms with Gasteiger partial charge in [-0.1, -0.05) is 48.5 Å². The second kappa shape index (κ2) is 7.33. The van der Waals surface area contributed by atoms with Crippen LogP contribution >= 0.6 is 0 Å². The van der Waals surface area contributed by atoms with Crippen LogP contribution < -0.4 is 0 Å². The summed E-state index contributed by atoms with van der Waals surface area (Å²) in [5, 5.41) is 10.3. The zero-order valence-corrected chi connectivity index (χ0v) is 17.1. The van der Waals surface area contributed by atoms with Crippen molar-refractivity contribution in [1.82, 2.24) is 0 Å². The van der Waals surface area contributed by atoms with Gasteiger partial charge in [-0.25, -0.2) is 0 Å². The Morgan fingerprint density at radius 3 is 2.23 bits per heavy atom. The van der Waals surface area contributed by atoms with Gasteiger partial charge in [0, 0.05) is 17.9 Å². The Morgan fingerprint density at radius 2 is 1.77 bits per heavy atom. The highest BCUT2D eigenvalue weighted by atomic mass is 28.4. The third kappa shape index (κ3) is 4.56. The van der Waals surface area contributed by atoms with Crippen molar-refractivity contribution >= 4 is 8.32 Å². The molecule has 1 heterocycles. The molecule has 132 valence electrons. The Hall–Kier alpha value is 0.0969. The number of ether oxygens (including phenoxy) is 1. The first-order valence-electron chi connectivity index (χ1n) is 8.92. The SMILES string of the molecule is CC[C@H](O[Si](C)(C)C(C)(C)C)[C@@H](C)[C@H]1OC(O)[C@H](C)C[C@H]1C. The van der Waals surface area contributed by atoms with E-state index in [0.717, 1.165) is 12.8 Å². The summed E-state index contributed by atoms with van der Waals surface area (Å²) in [6.45, 7) is 20.2. The molecule has 1 saturated heterocycles. The topological polar surface area (TPSA) is 38.7 Å². The van der Waals surface area contributed by atoms with E-state index in [9.17, 15) is 5.11 Å². The van der Waals surface area contributed by atoms with E-state index in [1.807, 2.05) is 0 Å². The van der Waals surface area contributed by atoms with Crippen LogP contribution in [0.15, 0.2) is 0 Å². The molecule has 0 bridgehead atoms. The first kappa shape index (κ1) is 20.1. The van der Waals surface area contributed by atoms with Gasteiger partial charge in [0.15, 0.2) is 14.6 Å². The molecule has 0 spiro atoms. The van der Waals surface area contributed by atoms with Crippen LogP contribution in [-0.4, -0.2) is 31.9 Å². The van der Waals surface area contributed by atoms with Gasteiger partial charge in [-0.3, -0.25) is 0 Å². The highest BCUT2D eigenvalue weighted by Gasteiger charge is 2.43. The summed E-state index contributed by atoms with van der Waals surface area (Å²) in [4.78, 5) is 0. The number of hydrogen-bond donors (Lipinski definition) is 1. The number of rotatable bonds is 5. The molecule has 1 N–H and O–H groups in total. The highest BCUT2D eigenvalue weighted by Crippen LogP contribution is 2.40. The molecule has 1 aliphatic rings. The summed E-state index contributed by atoms with van der Waals surface area (Å²) in [5.74, 6) is 0.988.